The molecule has 0 spiro atoms. The van der Waals surface area contributed by atoms with Crippen molar-refractivity contribution in [2.24, 2.45) is 7.05 Å². The number of carbonyl (C=O) groups excluding carboxylic acids is 1. The van der Waals surface area contributed by atoms with Gasteiger partial charge in [0.15, 0.2) is 5.16 Å². The summed E-state index contributed by atoms with van der Waals surface area (Å²) >= 11 is 1.57. The summed E-state index contributed by atoms with van der Waals surface area (Å²) in [5.74, 6) is 0.485. The summed E-state index contributed by atoms with van der Waals surface area (Å²) < 4.78 is 12.0. The molecule has 2 rings (SSSR count). The Kier molecular flexibility index (Phi) is 3.76. The molecule has 2 aromatic heterocycles. The Balaban J connectivity index is 2.10. The maximum Gasteiger partial charge on any atom is 0.373 e. The number of ether oxygens (including phenoxy) is 1. The zero-order chi connectivity index (χ0) is 13.1. The molecule has 1 unspecified atom stereocenters. The zero-order valence-electron chi connectivity index (χ0n) is 10.4. The van der Waals surface area contributed by atoms with Gasteiger partial charge in [0.1, 0.15) is 5.76 Å². The van der Waals surface area contributed by atoms with E-state index in [0.717, 1.165) is 10.9 Å². The van der Waals surface area contributed by atoms with Crippen LogP contribution in [-0.4, -0.2) is 22.6 Å². The van der Waals surface area contributed by atoms with Gasteiger partial charge in [-0.15, -0.1) is 0 Å². The van der Waals surface area contributed by atoms with Gasteiger partial charge in [0.25, 0.3) is 0 Å². The van der Waals surface area contributed by atoms with Crippen LogP contribution in [-0.2, 0) is 11.8 Å². The van der Waals surface area contributed by atoms with Crippen LogP contribution in [0.5, 0.6) is 0 Å². The Bertz CT molecular complexity index is 547. The van der Waals surface area contributed by atoms with E-state index >= 15 is 0 Å². The number of hydrogen-bond donors (Lipinski definition) is 0. The topological polar surface area (TPSA) is 57.3 Å². The Morgan fingerprint density at radius 1 is 1.56 bits per heavy atom. The van der Waals surface area contributed by atoms with Gasteiger partial charge in [0.2, 0.25) is 5.76 Å². The van der Waals surface area contributed by atoms with Crippen molar-refractivity contribution in [3.05, 3.63) is 36.0 Å². The first kappa shape index (κ1) is 12.8. The van der Waals surface area contributed by atoms with E-state index in [9.17, 15) is 4.79 Å². The van der Waals surface area contributed by atoms with Gasteiger partial charge in [-0.25, -0.2) is 9.78 Å². The minimum Gasteiger partial charge on any atom is -0.463 e. The standard InChI is InChI=1S/C12H14N2O3S/c1-8(18-12-13-6-7-14(12)2)9-4-5-10(17-9)11(15)16-3/h4-8H,1-3H3. The second-order valence-corrected chi connectivity index (χ2v) is 5.08. The molecule has 1 atom stereocenters. The average Bonchev–Trinajstić information content (AvgIpc) is 2.98. The third-order valence-electron chi connectivity index (χ3n) is 2.47. The molecule has 0 aliphatic carbocycles. The molecule has 0 radical (unpaired) electrons. The maximum absolute atomic E-state index is 11.3. The van der Waals surface area contributed by atoms with Gasteiger partial charge in [-0.3, -0.25) is 0 Å². The van der Waals surface area contributed by atoms with Crippen LogP contribution in [0.1, 0.15) is 28.5 Å². The Hall–Kier alpha value is -1.69. The van der Waals surface area contributed by atoms with Crippen molar-refractivity contribution in [3.63, 3.8) is 0 Å². The van der Waals surface area contributed by atoms with Crippen LogP contribution in [0.25, 0.3) is 0 Å². The molecular weight excluding hydrogens is 252 g/mol. The molecule has 0 N–H and O–H groups in total. The molecule has 5 nitrogen and oxygen atoms in total. The van der Waals surface area contributed by atoms with E-state index in [1.54, 1.807) is 30.1 Å². The Labute approximate surface area is 109 Å². The lowest BCUT2D eigenvalue weighted by atomic mass is 10.3. The highest BCUT2D eigenvalue weighted by molar-refractivity contribution is 7.99. The molecule has 2 heterocycles. The van der Waals surface area contributed by atoms with E-state index in [0.29, 0.717) is 0 Å². The highest BCUT2D eigenvalue weighted by atomic mass is 32.2. The van der Waals surface area contributed by atoms with E-state index in [1.165, 1.54) is 7.11 Å². The molecule has 0 saturated heterocycles. The van der Waals surface area contributed by atoms with Gasteiger partial charge in [0, 0.05) is 19.4 Å². The minimum absolute atomic E-state index is 0.0736. The Morgan fingerprint density at radius 2 is 2.33 bits per heavy atom. The van der Waals surface area contributed by atoms with Crippen molar-refractivity contribution >= 4 is 17.7 Å². The van der Waals surface area contributed by atoms with Gasteiger partial charge in [0.05, 0.1) is 12.4 Å². The minimum atomic E-state index is -0.463. The van der Waals surface area contributed by atoms with Crippen LogP contribution >= 0.6 is 11.8 Å². The fourth-order valence-electron chi connectivity index (χ4n) is 1.46. The van der Waals surface area contributed by atoms with E-state index < -0.39 is 5.97 Å². The number of aromatic nitrogens is 2. The molecule has 0 aliphatic rings. The van der Waals surface area contributed by atoms with Crippen molar-refractivity contribution in [1.82, 2.24) is 9.55 Å². The predicted molar refractivity (Wildman–Crippen MR) is 67.5 cm³/mol. The van der Waals surface area contributed by atoms with Crippen LogP contribution in [0.15, 0.2) is 34.1 Å². The second kappa shape index (κ2) is 5.30. The molecule has 6 heteroatoms. The summed E-state index contributed by atoms with van der Waals surface area (Å²) in [6.07, 6.45) is 3.63. The summed E-state index contributed by atoms with van der Waals surface area (Å²) in [6, 6.07) is 3.41. The highest BCUT2D eigenvalue weighted by Crippen LogP contribution is 2.34. The first-order chi connectivity index (χ1) is 8.61. The highest BCUT2D eigenvalue weighted by Gasteiger charge is 2.17. The number of aryl methyl sites for hydroxylation is 1. The predicted octanol–water partition coefficient (Wildman–Crippen LogP) is 2.65. The number of imidazole rings is 1. The van der Waals surface area contributed by atoms with Gasteiger partial charge in [-0.2, -0.15) is 0 Å². The largest absolute Gasteiger partial charge is 0.463 e. The molecule has 0 amide bonds. The first-order valence-corrected chi connectivity index (χ1v) is 6.32. The molecule has 0 saturated carbocycles. The number of furan rings is 1. The van der Waals surface area contributed by atoms with Crippen LogP contribution in [0.2, 0.25) is 0 Å². The number of esters is 1. The Morgan fingerprint density at radius 3 is 2.94 bits per heavy atom. The third-order valence-corrected chi connectivity index (χ3v) is 3.66. The molecule has 2 aromatic rings. The van der Waals surface area contributed by atoms with E-state index in [1.807, 2.05) is 24.7 Å². The zero-order valence-corrected chi connectivity index (χ0v) is 11.2. The van der Waals surface area contributed by atoms with Crippen molar-refractivity contribution in [1.29, 1.82) is 0 Å². The van der Waals surface area contributed by atoms with E-state index in [2.05, 4.69) is 9.72 Å². The number of methoxy groups -OCH3 is 1. The smallest absolute Gasteiger partial charge is 0.373 e. The molecule has 0 aliphatic heterocycles. The second-order valence-electron chi connectivity index (χ2n) is 3.77. The number of hydrogen-bond acceptors (Lipinski definition) is 5. The SMILES string of the molecule is COC(=O)c1ccc(C(C)Sc2nccn2C)o1. The average molecular weight is 266 g/mol. The van der Waals surface area contributed by atoms with Crippen molar-refractivity contribution in [3.8, 4) is 0 Å². The quantitative estimate of drug-likeness (QED) is 0.629. The fourth-order valence-corrected chi connectivity index (χ4v) is 2.37. The van der Waals surface area contributed by atoms with E-state index in [4.69, 9.17) is 4.42 Å². The summed E-state index contributed by atoms with van der Waals surface area (Å²) in [5, 5.41) is 0.975. The number of thioether (sulfide) groups is 1. The fraction of sp³-hybridized carbons (Fsp3) is 0.333. The van der Waals surface area contributed by atoms with Gasteiger partial charge in [-0.05, 0) is 19.1 Å². The van der Waals surface area contributed by atoms with E-state index in [-0.39, 0.29) is 11.0 Å². The molecular formula is C12H14N2O3S. The lowest BCUT2D eigenvalue weighted by Gasteiger charge is -2.07. The van der Waals surface area contributed by atoms with Gasteiger partial charge in [-0.1, -0.05) is 11.8 Å². The lowest BCUT2D eigenvalue weighted by Crippen LogP contribution is -1.98. The van der Waals surface area contributed by atoms with Gasteiger partial charge >= 0.3 is 5.97 Å². The summed E-state index contributed by atoms with van der Waals surface area (Å²) in [5.41, 5.74) is 0. The molecule has 0 aromatic carbocycles. The molecule has 96 valence electrons. The van der Waals surface area contributed by atoms with Crippen LogP contribution in [0.4, 0.5) is 0 Å². The summed E-state index contributed by atoms with van der Waals surface area (Å²) in [7, 11) is 3.26. The number of nitrogens with zero attached hydrogens (tertiary/aromatic N) is 2. The van der Waals surface area contributed by atoms with Crippen LogP contribution in [0.3, 0.4) is 0 Å². The summed E-state index contributed by atoms with van der Waals surface area (Å²) in [4.78, 5) is 15.5. The van der Waals surface area contributed by atoms with Crippen molar-refractivity contribution in [2.75, 3.05) is 7.11 Å². The normalized spacial score (nSPS) is 12.4. The number of carbonyl (C=O) groups is 1. The van der Waals surface area contributed by atoms with Gasteiger partial charge < -0.3 is 13.7 Å². The lowest BCUT2D eigenvalue weighted by molar-refractivity contribution is 0.0563. The molecule has 0 fully saturated rings. The third kappa shape index (κ3) is 2.59. The van der Waals surface area contributed by atoms with Crippen molar-refractivity contribution in [2.45, 2.75) is 17.3 Å². The van der Waals surface area contributed by atoms with Crippen LogP contribution < -0.4 is 0 Å². The summed E-state index contributed by atoms with van der Waals surface area (Å²) in [6.45, 7) is 2.00. The van der Waals surface area contributed by atoms with Crippen LogP contribution in [0, 0.1) is 0 Å². The maximum atomic E-state index is 11.3. The molecule has 0 bridgehead atoms. The van der Waals surface area contributed by atoms with Crippen molar-refractivity contribution < 1.29 is 13.9 Å². The number of rotatable bonds is 4. The monoisotopic (exact) mass is 266 g/mol. The molecule has 18 heavy (non-hydrogen) atoms. The first-order valence-electron chi connectivity index (χ1n) is 5.44.